The first-order valence-corrected chi connectivity index (χ1v) is 15.4. The van der Waals surface area contributed by atoms with Crippen LogP contribution < -0.4 is 20.7 Å². The fourth-order valence-corrected chi connectivity index (χ4v) is 7.25. The molecular weight excluding hydrogens is 556 g/mol. The van der Waals surface area contributed by atoms with E-state index in [-0.39, 0.29) is 29.1 Å². The number of urea groups is 1. The molecule has 0 bridgehead atoms. The number of piperidine rings is 1. The number of H-pyrrole nitrogens is 1. The average Bonchev–Trinajstić information content (AvgIpc) is 3.70. The molecule has 3 fully saturated rings. The van der Waals surface area contributed by atoms with Crippen LogP contribution in [0.1, 0.15) is 50.1 Å². The maximum atomic E-state index is 13.1. The lowest BCUT2D eigenvalue weighted by molar-refractivity contribution is 0.0209. The lowest BCUT2D eigenvalue weighted by Gasteiger charge is -2.40. The van der Waals surface area contributed by atoms with Crippen LogP contribution in [0.5, 0.6) is 0 Å². The van der Waals surface area contributed by atoms with Crippen LogP contribution in [0.15, 0.2) is 65.7 Å². The average molecular weight is 597 g/mol. The molecule has 1 unspecified atom stereocenters. The van der Waals surface area contributed by atoms with Gasteiger partial charge in [-0.05, 0) is 56.4 Å². The SMILES string of the molecule is Cc1cc(N2CC[C@@](C)(c3ccccc3)C2)cn2nc(C(C)(O)CN3CC4(CCN(c5cc[nH]c(=O)c5)CC4)NC3=O)nc12. The highest BCUT2D eigenvalue weighted by Gasteiger charge is 2.47. The molecule has 2 amide bonds. The van der Waals surface area contributed by atoms with Gasteiger partial charge in [0.2, 0.25) is 5.56 Å². The number of benzene rings is 1. The van der Waals surface area contributed by atoms with Gasteiger partial charge >= 0.3 is 6.03 Å². The number of nitrogens with one attached hydrogen (secondary N) is 2. The van der Waals surface area contributed by atoms with E-state index in [0.717, 1.165) is 62.4 Å². The Bertz CT molecular complexity index is 1760. The van der Waals surface area contributed by atoms with Crippen molar-refractivity contribution >= 4 is 23.1 Å². The van der Waals surface area contributed by atoms with Crippen molar-refractivity contribution in [3.8, 4) is 0 Å². The predicted molar refractivity (Wildman–Crippen MR) is 169 cm³/mol. The molecule has 11 nitrogen and oxygen atoms in total. The molecule has 0 aliphatic carbocycles. The van der Waals surface area contributed by atoms with Gasteiger partial charge in [0, 0.05) is 56.1 Å². The summed E-state index contributed by atoms with van der Waals surface area (Å²) in [6, 6.07) is 16.2. The number of amides is 2. The number of aryl methyl sites for hydroxylation is 1. The Hall–Kier alpha value is -4.38. The van der Waals surface area contributed by atoms with Crippen LogP contribution in [0, 0.1) is 6.92 Å². The molecule has 11 heteroatoms. The van der Waals surface area contributed by atoms with E-state index in [4.69, 9.17) is 10.1 Å². The summed E-state index contributed by atoms with van der Waals surface area (Å²) in [5, 5.41) is 19.6. The second-order valence-corrected chi connectivity index (χ2v) is 13.4. The van der Waals surface area contributed by atoms with Crippen molar-refractivity contribution in [2.45, 2.75) is 56.6 Å². The van der Waals surface area contributed by atoms with Crippen LogP contribution >= 0.6 is 0 Å². The number of carbonyl (C=O) groups excluding carboxylic acids is 1. The van der Waals surface area contributed by atoms with Crippen molar-refractivity contribution in [3.63, 3.8) is 0 Å². The number of hydrogen-bond acceptors (Lipinski definition) is 7. The molecule has 3 N–H and O–H groups in total. The number of anilines is 2. The molecule has 0 saturated carbocycles. The summed E-state index contributed by atoms with van der Waals surface area (Å²) < 4.78 is 1.77. The zero-order chi connectivity index (χ0) is 30.7. The van der Waals surface area contributed by atoms with Gasteiger partial charge in [-0.1, -0.05) is 37.3 Å². The first-order chi connectivity index (χ1) is 21.0. The molecule has 3 aliphatic rings. The smallest absolute Gasteiger partial charge is 0.318 e. The minimum Gasteiger partial charge on any atom is -0.380 e. The van der Waals surface area contributed by atoms with Crippen molar-refractivity contribution < 1.29 is 9.90 Å². The molecule has 0 radical (unpaired) electrons. The van der Waals surface area contributed by atoms with E-state index >= 15 is 0 Å². The molecule has 6 heterocycles. The Kier molecular flexibility index (Phi) is 6.69. The first kappa shape index (κ1) is 28.4. The second-order valence-electron chi connectivity index (χ2n) is 13.4. The van der Waals surface area contributed by atoms with E-state index in [1.807, 2.05) is 19.2 Å². The van der Waals surface area contributed by atoms with Crippen LogP contribution in [0.25, 0.3) is 5.65 Å². The molecular formula is C33H40N8O3. The molecule has 2 atom stereocenters. The summed E-state index contributed by atoms with van der Waals surface area (Å²) in [6.45, 7) is 9.92. The number of pyridine rings is 2. The first-order valence-electron chi connectivity index (χ1n) is 15.4. The summed E-state index contributed by atoms with van der Waals surface area (Å²) in [5.74, 6) is 0.297. The normalized spacial score (nSPS) is 23.0. The Morgan fingerprint density at radius 2 is 1.73 bits per heavy atom. The Balaban J connectivity index is 1.05. The molecule has 230 valence electrons. The largest absolute Gasteiger partial charge is 0.380 e. The summed E-state index contributed by atoms with van der Waals surface area (Å²) >= 11 is 0. The Morgan fingerprint density at radius 1 is 0.977 bits per heavy atom. The molecule has 1 spiro atoms. The molecule has 1 aromatic carbocycles. The molecule has 3 aromatic heterocycles. The third-order valence-electron chi connectivity index (χ3n) is 9.89. The van der Waals surface area contributed by atoms with Crippen molar-refractivity contribution in [2.75, 3.05) is 49.1 Å². The molecule has 3 aliphatic heterocycles. The number of aromatic nitrogens is 4. The van der Waals surface area contributed by atoms with Crippen LogP contribution in [0.2, 0.25) is 0 Å². The third kappa shape index (κ3) is 5.08. The lowest BCUT2D eigenvalue weighted by Crippen LogP contribution is -2.52. The fourth-order valence-electron chi connectivity index (χ4n) is 7.25. The van der Waals surface area contributed by atoms with Crippen LogP contribution in [0.4, 0.5) is 16.2 Å². The number of β-amino-alcohol motifs (C(OH)–C–C–N with tert-alkyl or cyclic N) is 1. The highest BCUT2D eigenvalue weighted by atomic mass is 16.3. The second kappa shape index (κ2) is 10.4. The topological polar surface area (TPSA) is 122 Å². The molecule has 4 aromatic rings. The minimum atomic E-state index is -1.44. The standard InChI is InChI=1S/C33H40N8O3/c1-23-17-26(39-14-10-31(2,20-39)24-7-5-4-6-8-24)19-41-28(23)35-29(37-41)32(3,44)21-40-22-33(36-30(40)43)11-15-38(16-12-33)25-9-13-34-27(42)18-25/h4-9,13,17-19,44H,10-12,14-16,20-22H2,1-3H3,(H,34,42)(H,36,43)/t31-,32?/m1/s1. The van der Waals surface area contributed by atoms with Crippen molar-refractivity contribution in [3.05, 3.63) is 88.2 Å². The van der Waals surface area contributed by atoms with E-state index in [9.17, 15) is 14.7 Å². The Morgan fingerprint density at radius 3 is 2.48 bits per heavy atom. The predicted octanol–water partition coefficient (Wildman–Crippen LogP) is 3.17. The summed E-state index contributed by atoms with van der Waals surface area (Å²) in [4.78, 5) is 38.5. The van der Waals surface area contributed by atoms with Gasteiger partial charge in [-0.2, -0.15) is 0 Å². The van der Waals surface area contributed by atoms with Gasteiger partial charge in [0.05, 0.1) is 24.0 Å². The monoisotopic (exact) mass is 596 g/mol. The van der Waals surface area contributed by atoms with Gasteiger partial charge in [0.1, 0.15) is 5.60 Å². The van der Waals surface area contributed by atoms with E-state index in [0.29, 0.717) is 18.0 Å². The van der Waals surface area contributed by atoms with Crippen molar-refractivity contribution in [1.82, 2.24) is 29.8 Å². The molecule has 7 rings (SSSR count). The zero-order valence-electron chi connectivity index (χ0n) is 25.6. The Labute approximate surface area is 256 Å². The van der Waals surface area contributed by atoms with E-state index in [1.54, 1.807) is 28.6 Å². The van der Waals surface area contributed by atoms with Gasteiger partial charge in [-0.25, -0.2) is 14.3 Å². The number of hydrogen-bond donors (Lipinski definition) is 3. The number of aromatic amines is 1. The molecule has 3 saturated heterocycles. The maximum Gasteiger partial charge on any atom is 0.318 e. The number of rotatable bonds is 6. The van der Waals surface area contributed by atoms with Crippen LogP contribution in [0.3, 0.4) is 0 Å². The summed E-state index contributed by atoms with van der Waals surface area (Å²) in [5.41, 5.74) is 3.15. The summed E-state index contributed by atoms with van der Waals surface area (Å²) in [6.07, 6.45) is 6.22. The lowest BCUT2D eigenvalue weighted by atomic mass is 9.82. The fraction of sp³-hybridized carbons (Fsp3) is 0.455. The number of carbonyl (C=O) groups is 1. The van der Waals surface area contributed by atoms with E-state index in [1.165, 1.54) is 5.56 Å². The van der Waals surface area contributed by atoms with Crippen LogP contribution in [-0.2, 0) is 11.0 Å². The molecule has 44 heavy (non-hydrogen) atoms. The zero-order valence-corrected chi connectivity index (χ0v) is 25.6. The number of fused-ring (bicyclic) bond motifs is 1. The minimum absolute atomic E-state index is 0.0757. The van der Waals surface area contributed by atoms with Crippen molar-refractivity contribution in [1.29, 1.82) is 0 Å². The van der Waals surface area contributed by atoms with Crippen LogP contribution in [-0.4, -0.2) is 80.4 Å². The highest BCUT2D eigenvalue weighted by Crippen LogP contribution is 2.37. The van der Waals surface area contributed by atoms with Gasteiger partial charge in [0.25, 0.3) is 0 Å². The summed E-state index contributed by atoms with van der Waals surface area (Å²) in [7, 11) is 0. The van der Waals surface area contributed by atoms with E-state index < -0.39 is 5.60 Å². The van der Waals surface area contributed by atoms with Crippen molar-refractivity contribution in [2.24, 2.45) is 0 Å². The third-order valence-corrected chi connectivity index (χ3v) is 9.89. The van der Waals surface area contributed by atoms with Gasteiger partial charge in [0.15, 0.2) is 11.5 Å². The number of aliphatic hydroxyl groups is 1. The quantitative estimate of drug-likeness (QED) is 0.313. The van der Waals surface area contributed by atoms with Gasteiger partial charge < -0.3 is 30.1 Å². The maximum absolute atomic E-state index is 13.1. The highest BCUT2D eigenvalue weighted by molar-refractivity contribution is 5.78. The number of nitrogens with zero attached hydrogens (tertiary/aromatic N) is 6. The van der Waals surface area contributed by atoms with Gasteiger partial charge in [-0.3, -0.25) is 4.79 Å². The van der Waals surface area contributed by atoms with Gasteiger partial charge in [-0.15, -0.1) is 5.10 Å². The van der Waals surface area contributed by atoms with E-state index in [2.05, 4.69) is 63.4 Å².